The molecule has 0 N–H and O–H groups in total. The maximum Gasteiger partial charge on any atom is 0.116 e. The molecule has 3 heteroatoms. The Hall–Kier alpha value is -0.0800. The highest BCUT2D eigenvalue weighted by molar-refractivity contribution is 7.16. The van der Waals surface area contributed by atoms with Crippen LogP contribution in [0.25, 0.3) is 0 Å². The summed E-state index contributed by atoms with van der Waals surface area (Å²) in [5, 5.41) is 1.16. The number of nitrogens with zero attached hydrogens (tertiary/aromatic N) is 1. The molecular weight excluding hydrogens is 166 g/mol. The standard InChI is InChI=1S/C7H10ClNS/c1-3-4-6-9-5(2)7(8)10-6/h3-4H2,1-2H3. The number of aryl methyl sites for hydroxylation is 2. The summed E-state index contributed by atoms with van der Waals surface area (Å²) < 4.78 is 0.837. The lowest BCUT2D eigenvalue weighted by Gasteiger charge is -1.85. The van der Waals surface area contributed by atoms with Gasteiger partial charge in [0, 0.05) is 0 Å². The Kier molecular flexibility index (Phi) is 2.69. The van der Waals surface area contributed by atoms with Crippen LogP contribution in [0.4, 0.5) is 0 Å². The van der Waals surface area contributed by atoms with Crippen molar-refractivity contribution in [1.29, 1.82) is 0 Å². The number of hydrogen-bond acceptors (Lipinski definition) is 2. The van der Waals surface area contributed by atoms with Gasteiger partial charge >= 0.3 is 0 Å². The summed E-state index contributed by atoms with van der Waals surface area (Å²) in [6.45, 7) is 4.09. The van der Waals surface area contributed by atoms with E-state index >= 15 is 0 Å². The summed E-state index contributed by atoms with van der Waals surface area (Å²) in [5.74, 6) is 0. The maximum absolute atomic E-state index is 5.82. The first-order chi connectivity index (χ1) is 4.74. The normalized spacial score (nSPS) is 10.3. The first-order valence-corrected chi connectivity index (χ1v) is 4.55. The first-order valence-electron chi connectivity index (χ1n) is 3.36. The lowest BCUT2D eigenvalue weighted by molar-refractivity contribution is 0.903. The largest absolute Gasteiger partial charge is 0.245 e. The zero-order valence-corrected chi connectivity index (χ0v) is 7.72. The second-order valence-electron chi connectivity index (χ2n) is 2.22. The number of halogens is 1. The number of thiazole rings is 1. The lowest BCUT2D eigenvalue weighted by atomic mass is 10.3. The fourth-order valence-corrected chi connectivity index (χ4v) is 1.95. The molecular formula is C7H10ClNS. The van der Waals surface area contributed by atoms with Crippen molar-refractivity contribution < 1.29 is 0 Å². The average Bonchev–Trinajstić information content (AvgIpc) is 2.14. The van der Waals surface area contributed by atoms with Gasteiger partial charge in [0.2, 0.25) is 0 Å². The lowest BCUT2D eigenvalue weighted by Crippen LogP contribution is -1.79. The van der Waals surface area contributed by atoms with Gasteiger partial charge in [-0.15, -0.1) is 11.3 Å². The Bertz CT molecular complexity index is 200. The second kappa shape index (κ2) is 3.35. The first kappa shape index (κ1) is 8.02. The third-order valence-corrected chi connectivity index (χ3v) is 2.76. The van der Waals surface area contributed by atoms with Crippen molar-refractivity contribution in [3.63, 3.8) is 0 Å². The van der Waals surface area contributed by atoms with Gasteiger partial charge in [-0.2, -0.15) is 0 Å². The molecule has 0 atom stereocenters. The fraction of sp³-hybridized carbons (Fsp3) is 0.571. The summed E-state index contributed by atoms with van der Waals surface area (Å²) in [6, 6.07) is 0. The molecule has 0 aromatic carbocycles. The Morgan fingerprint density at radius 1 is 1.60 bits per heavy atom. The molecule has 0 aliphatic heterocycles. The predicted molar refractivity (Wildman–Crippen MR) is 45.9 cm³/mol. The third-order valence-electron chi connectivity index (χ3n) is 1.25. The van der Waals surface area contributed by atoms with Gasteiger partial charge in [-0.05, 0) is 19.8 Å². The molecule has 1 aromatic heterocycles. The number of hydrogen-bond donors (Lipinski definition) is 0. The molecule has 0 amide bonds. The highest BCUT2D eigenvalue weighted by atomic mass is 35.5. The van der Waals surface area contributed by atoms with Crippen LogP contribution in [0, 0.1) is 6.92 Å². The van der Waals surface area contributed by atoms with Crippen molar-refractivity contribution in [3.8, 4) is 0 Å². The van der Waals surface area contributed by atoms with Gasteiger partial charge < -0.3 is 0 Å². The molecule has 0 bridgehead atoms. The predicted octanol–water partition coefficient (Wildman–Crippen LogP) is 3.06. The van der Waals surface area contributed by atoms with Gasteiger partial charge in [0.15, 0.2) is 0 Å². The van der Waals surface area contributed by atoms with E-state index < -0.39 is 0 Å². The minimum atomic E-state index is 0.837. The van der Waals surface area contributed by atoms with E-state index in [0.29, 0.717) is 0 Å². The van der Waals surface area contributed by atoms with Crippen LogP contribution in [-0.2, 0) is 6.42 Å². The van der Waals surface area contributed by atoms with Crippen molar-refractivity contribution in [2.75, 3.05) is 0 Å². The molecule has 1 aromatic rings. The van der Waals surface area contributed by atoms with Gasteiger partial charge in [-0.3, -0.25) is 0 Å². The zero-order valence-electron chi connectivity index (χ0n) is 6.15. The molecule has 0 aliphatic rings. The number of rotatable bonds is 2. The molecule has 0 saturated carbocycles. The van der Waals surface area contributed by atoms with Crippen molar-refractivity contribution in [3.05, 3.63) is 15.0 Å². The summed E-state index contributed by atoms with van der Waals surface area (Å²) in [6.07, 6.45) is 2.20. The van der Waals surface area contributed by atoms with E-state index in [2.05, 4.69) is 11.9 Å². The van der Waals surface area contributed by atoms with Crippen LogP contribution in [0.15, 0.2) is 0 Å². The minimum Gasteiger partial charge on any atom is -0.245 e. The van der Waals surface area contributed by atoms with E-state index in [-0.39, 0.29) is 0 Å². The Balaban J connectivity index is 2.77. The molecule has 56 valence electrons. The van der Waals surface area contributed by atoms with Crippen LogP contribution in [0.5, 0.6) is 0 Å². The SMILES string of the molecule is CCCc1nc(C)c(Cl)s1. The smallest absolute Gasteiger partial charge is 0.116 e. The summed E-state index contributed by atoms with van der Waals surface area (Å²) >= 11 is 7.41. The van der Waals surface area contributed by atoms with E-state index in [0.717, 1.165) is 27.9 Å². The van der Waals surface area contributed by atoms with E-state index in [1.54, 1.807) is 11.3 Å². The molecule has 0 fully saturated rings. The third kappa shape index (κ3) is 1.70. The average molecular weight is 176 g/mol. The van der Waals surface area contributed by atoms with E-state index in [1.807, 2.05) is 6.92 Å². The molecule has 1 nitrogen and oxygen atoms in total. The zero-order chi connectivity index (χ0) is 7.56. The Morgan fingerprint density at radius 3 is 2.70 bits per heavy atom. The molecule has 1 rings (SSSR count). The van der Waals surface area contributed by atoms with Crippen LogP contribution < -0.4 is 0 Å². The van der Waals surface area contributed by atoms with Gasteiger partial charge in [0.05, 0.1) is 10.7 Å². The molecule has 0 saturated heterocycles. The van der Waals surface area contributed by atoms with Crippen LogP contribution in [0.3, 0.4) is 0 Å². The molecule has 0 aliphatic carbocycles. The quantitative estimate of drug-likeness (QED) is 0.674. The summed E-state index contributed by atoms with van der Waals surface area (Å²) in [5.41, 5.74) is 0.968. The highest BCUT2D eigenvalue weighted by Crippen LogP contribution is 2.23. The van der Waals surface area contributed by atoms with Crippen molar-refractivity contribution in [2.24, 2.45) is 0 Å². The summed E-state index contributed by atoms with van der Waals surface area (Å²) in [4.78, 5) is 4.29. The molecule has 1 heterocycles. The van der Waals surface area contributed by atoms with E-state index in [1.165, 1.54) is 0 Å². The molecule has 10 heavy (non-hydrogen) atoms. The minimum absolute atomic E-state index is 0.837. The van der Waals surface area contributed by atoms with Crippen LogP contribution >= 0.6 is 22.9 Å². The Labute approximate surface area is 70.1 Å². The fourth-order valence-electron chi connectivity index (χ4n) is 0.752. The molecule has 0 unspecified atom stereocenters. The van der Waals surface area contributed by atoms with Crippen molar-refractivity contribution in [2.45, 2.75) is 26.7 Å². The Morgan fingerprint density at radius 2 is 2.30 bits per heavy atom. The van der Waals surface area contributed by atoms with Gasteiger partial charge in [0.1, 0.15) is 4.34 Å². The number of aromatic nitrogens is 1. The van der Waals surface area contributed by atoms with Crippen LogP contribution in [-0.4, -0.2) is 4.98 Å². The highest BCUT2D eigenvalue weighted by Gasteiger charge is 2.02. The van der Waals surface area contributed by atoms with Crippen LogP contribution in [0.2, 0.25) is 4.34 Å². The summed E-state index contributed by atoms with van der Waals surface area (Å²) in [7, 11) is 0. The van der Waals surface area contributed by atoms with Crippen molar-refractivity contribution in [1.82, 2.24) is 4.98 Å². The van der Waals surface area contributed by atoms with Gasteiger partial charge in [-0.25, -0.2) is 4.98 Å². The van der Waals surface area contributed by atoms with E-state index in [4.69, 9.17) is 11.6 Å². The second-order valence-corrected chi connectivity index (χ2v) is 3.90. The monoisotopic (exact) mass is 175 g/mol. The van der Waals surface area contributed by atoms with E-state index in [9.17, 15) is 0 Å². The topological polar surface area (TPSA) is 12.9 Å². The van der Waals surface area contributed by atoms with Gasteiger partial charge in [0.25, 0.3) is 0 Å². The molecule has 0 spiro atoms. The van der Waals surface area contributed by atoms with Crippen molar-refractivity contribution >= 4 is 22.9 Å². The van der Waals surface area contributed by atoms with Crippen LogP contribution in [0.1, 0.15) is 24.0 Å². The van der Waals surface area contributed by atoms with Gasteiger partial charge in [-0.1, -0.05) is 18.5 Å². The molecule has 0 radical (unpaired) electrons. The maximum atomic E-state index is 5.82.